The van der Waals surface area contributed by atoms with E-state index in [-0.39, 0.29) is 11.8 Å². The Labute approximate surface area is 188 Å². The van der Waals surface area contributed by atoms with Crippen LogP contribution >= 0.6 is 11.3 Å². The van der Waals surface area contributed by atoms with Gasteiger partial charge < -0.3 is 4.90 Å². The smallest absolute Gasteiger partial charge is 0.225 e. The normalized spacial score (nSPS) is 15.4. The first-order valence-corrected chi connectivity index (χ1v) is 11.8. The third-order valence-electron chi connectivity index (χ3n) is 6.20. The van der Waals surface area contributed by atoms with Crippen molar-refractivity contribution in [3.8, 4) is 5.69 Å². The first-order valence-electron chi connectivity index (χ1n) is 10.9. The van der Waals surface area contributed by atoms with E-state index in [1.807, 2.05) is 48.7 Å². The average Bonchev–Trinajstić information content (AvgIpc) is 3.31. The number of carbonyl (C=O) groups excluding carboxylic acids is 1. The number of thiazole rings is 1. The molecule has 164 valence electrons. The zero-order chi connectivity index (χ0) is 22.0. The number of amides is 1. The molecule has 3 aromatic rings. The van der Waals surface area contributed by atoms with Crippen LogP contribution in [0.5, 0.6) is 0 Å². The van der Waals surface area contributed by atoms with Crippen LogP contribution in [0.4, 0.5) is 0 Å². The molecular formula is C24H31N5OS. The molecule has 0 bridgehead atoms. The van der Waals surface area contributed by atoms with Gasteiger partial charge in [-0.05, 0) is 58.8 Å². The van der Waals surface area contributed by atoms with Crippen molar-refractivity contribution in [3.05, 3.63) is 63.4 Å². The number of aromatic nitrogens is 3. The SMILES string of the molecule is Cc1nc(CN2CCC(C(=O)N(C)Cc3c(C)nn(-c4ccccc4)c3C)CC2)cs1. The summed E-state index contributed by atoms with van der Waals surface area (Å²) in [6, 6.07) is 10.1. The summed E-state index contributed by atoms with van der Waals surface area (Å²) in [7, 11) is 1.92. The fraction of sp³-hybridized carbons (Fsp3) is 0.458. The Kier molecular flexibility index (Phi) is 6.53. The van der Waals surface area contributed by atoms with E-state index in [9.17, 15) is 4.79 Å². The van der Waals surface area contributed by atoms with E-state index >= 15 is 0 Å². The van der Waals surface area contributed by atoms with Gasteiger partial charge in [0.25, 0.3) is 0 Å². The maximum absolute atomic E-state index is 13.1. The number of carbonyl (C=O) groups is 1. The molecule has 1 saturated heterocycles. The largest absolute Gasteiger partial charge is 0.341 e. The van der Waals surface area contributed by atoms with Gasteiger partial charge in [-0.1, -0.05) is 18.2 Å². The van der Waals surface area contributed by atoms with Crippen LogP contribution in [0.15, 0.2) is 35.7 Å². The Morgan fingerprint density at radius 2 is 1.87 bits per heavy atom. The molecule has 0 atom stereocenters. The monoisotopic (exact) mass is 437 g/mol. The van der Waals surface area contributed by atoms with Crippen molar-refractivity contribution in [2.45, 2.75) is 46.7 Å². The van der Waals surface area contributed by atoms with E-state index in [1.165, 1.54) is 0 Å². The Bertz CT molecular complexity index is 1030. The number of piperidine rings is 1. The molecule has 6 nitrogen and oxygen atoms in total. The lowest BCUT2D eigenvalue weighted by molar-refractivity contribution is -0.136. The molecule has 0 N–H and O–H groups in total. The Morgan fingerprint density at radius 3 is 2.52 bits per heavy atom. The number of hydrogen-bond donors (Lipinski definition) is 0. The van der Waals surface area contributed by atoms with Gasteiger partial charge in [0.05, 0.1) is 22.1 Å². The predicted octanol–water partition coefficient (Wildman–Crippen LogP) is 4.12. The average molecular weight is 438 g/mol. The number of hydrogen-bond acceptors (Lipinski definition) is 5. The minimum absolute atomic E-state index is 0.100. The van der Waals surface area contributed by atoms with Gasteiger partial charge in [-0.25, -0.2) is 9.67 Å². The Hall–Kier alpha value is -2.51. The quantitative estimate of drug-likeness (QED) is 0.582. The van der Waals surface area contributed by atoms with Gasteiger partial charge in [0.1, 0.15) is 0 Å². The van der Waals surface area contributed by atoms with Crippen LogP contribution in [-0.4, -0.2) is 50.6 Å². The third-order valence-corrected chi connectivity index (χ3v) is 7.02. The van der Waals surface area contributed by atoms with Crippen LogP contribution in [0.2, 0.25) is 0 Å². The van der Waals surface area contributed by atoms with Crippen LogP contribution in [0.25, 0.3) is 5.69 Å². The van der Waals surface area contributed by atoms with Crippen molar-refractivity contribution < 1.29 is 4.79 Å². The second-order valence-corrected chi connectivity index (χ2v) is 9.56. The summed E-state index contributed by atoms with van der Waals surface area (Å²) in [5, 5.41) is 7.98. The van der Waals surface area contributed by atoms with Gasteiger partial charge >= 0.3 is 0 Å². The molecule has 1 aliphatic rings. The maximum atomic E-state index is 13.1. The van der Waals surface area contributed by atoms with Gasteiger partial charge in [-0.2, -0.15) is 5.10 Å². The Balaban J connectivity index is 1.36. The fourth-order valence-corrected chi connectivity index (χ4v) is 5.00. The summed E-state index contributed by atoms with van der Waals surface area (Å²) in [6.07, 6.45) is 1.82. The predicted molar refractivity (Wildman–Crippen MR) is 124 cm³/mol. The summed E-state index contributed by atoms with van der Waals surface area (Å²) < 4.78 is 1.97. The summed E-state index contributed by atoms with van der Waals surface area (Å²) >= 11 is 1.70. The van der Waals surface area contributed by atoms with Crippen LogP contribution in [0.3, 0.4) is 0 Å². The lowest BCUT2D eigenvalue weighted by Gasteiger charge is -2.32. The van der Waals surface area contributed by atoms with Gasteiger partial charge in [-0.3, -0.25) is 9.69 Å². The van der Waals surface area contributed by atoms with Crippen LogP contribution in [0, 0.1) is 26.7 Å². The highest BCUT2D eigenvalue weighted by molar-refractivity contribution is 7.09. The zero-order valence-corrected chi connectivity index (χ0v) is 19.7. The molecule has 7 heteroatoms. The highest BCUT2D eigenvalue weighted by Crippen LogP contribution is 2.24. The van der Waals surface area contributed by atoms with E-state index in [4.69, 9.17) is 5.10 Å². The lowest BCUT2D eigenvalue weighted by atomic mass is 9.95. The molecular weight excluding hydrogens is 406 g/mol. The van der Waals surface area contributed by atoms with E-state index in [1.54, 1.807) is 11.3 Å². The molecule has 0 spiro atoms. The summed E-state index contributed by atoms with van der Waals surface area (Å²) in [6.45, 7) is 9.54. The van der Waals surface area contributed by atoms with Gasteiger partial charge in [-0.15, -0.1) is 11.3 Å². The van der Waals surface area contributed by atoms with Crippen molar-refractivity contribution in [2.24, 2.45) is 5.92 Å². The number of benzene rings is 1. The van der Waals surface area contributed by atoms with Gasteiger partial charge in [0, 0.05) is 42.7 Å². The van der Waals surface area contributed by atoms with Crippen LogP contribution in [0.1, 0.15) is 40.5 Å². The topological polar surface area (TPSA) is 54.3 Å². The molecule has 1 aromatic carbocycles. The minimum atomic E-state index is 0.100. The molecule has 0 radical (unpaired) electrons. The molecule has 0 aliphatic carbocycles. The Morgan fingerprint density at radius 1 is 1.16 bits per heavy atom. The van der Waals surface area contributed by atoms with Crippen molar-refractivity contribution in [2.75, 3.05) is 20.1 Å². The number of likely N-dealkylation sites (tertiary alicyclic amines) is 1. The highest BCUT2D eigenvalue weighted by atomic mass is 32.1. The van der Waals surface area contributed by atoms with E-state index in [2.05, 4.69) is 34.3 Å². The third kappa shape index (κ3) is 4.88. The summed E-state index contributed by atoms with van der Waals surface area (Å²) in [4.78, 5) is 22.0. The molecule has 1 fully saturated rings. The van der Waals surface area contributed by atoms with E-state index < -0.39 is 0 Å². The lowest BCUT2D eigenvalue weighted by Crippen LogP contribution is -2.40. The van der Waals surface area contributed by atoms with E-state index in [0.717, 1.165) is 65.8 Å². The molecule has 31 heavy (non-hydrogen) atoms. The van der Waals surface area contributed by atoms with Crippen molar-refractivity contribution in [1.82, 2.24) is 24.6 Å². The molecule has 3 heterocycles. The van der Waals surface area contributed by atoms with Gasteiger partial charge in [0.2, 0.25) is 5.91 Å². The molecule has 2 aromatic heterocycles. The summed E-state index contributed by atoms with van der Waals surface area (Å²) in [5.74, 6) is 0.346. The maximum Gasteiger partial charge on any atom is 0.225 e. The molecule has 4 rings (SSSR count). The number of rotatable bonds is 6. The second kappa shape index (κ2) is 9.32. The first-order chi connectivity index (χ1) is 14.9. The fourth-order valence-electron chi connectivity index (χ4n) is 4.40. The molecule has 0 saturated carbocycles. The zero-order valence-electron chi connectivity index (χ0n) is 18.8. The molecule has 0 unspecified atom stereocenters. The first kappa shape index (κ1) is 21.7. The molecule has 1 amide bonds. The number of nitrogens with zero attached hydrogens (tertiary/aromatic N) is 5. The highest BCUT2D eigenvalue weighted by Gasteiger charge is 2.28. The van der Waals surface area contributed by atoms with Crippen LogP contribution < -0.4 is 0 Å². The summed E-state index contributed by atoms with van der Waals surface area (Å²) in [5.41, 5.74) is 5.40. The van der Waals surface area contributed by atoms with Gasteiger partial charge in [0.15, 0.2) is 0 Å². The molecule has 1 aliphatic heterocycles. The van der Waals surface area contributed by atoms with E-state index in [0.29, 0.717) is 6.54 Å². The van der Waals surface area contributed by atoms with Crippen molar-refractivity contribution >= 4 is 17.2 Å². The van der Waals surface area contributed by atoms with Crippen LogP contribution in [-0.2, 0) is 17.9 Å². The van der Waals surface area contributed by atoms with Crippen molar-refractivity contribution in [1.29, 1.82) is 0 Å². The number of para-hydroxylation sites is 1. The van der Waals surface area contributed by atoms with Crippen molar-refractivity contribution in [3.63, 3.8) is 0 Å². The second-order valence-electron chi connectivity index (χ2n) is 8.50. The minimum Gasteiger partial charge on any atom is -0.341 e. The standard InChI is InChI=1S/C24H31N5OS/c1-17-23(18(2)29(26-17)22-8-6-5-7-9-22)15-27(4)24(30)20-10-12-28(13-11-20)14-21-16-31-19(3)25-21/h5-9,16,20H,10-15H2,1-4H3. The number of aryl methyl sites for hydroxylation is 2.